The number of rotatable bonds is 5. The summed E-state index contributed by atoms with van der Waals surface area (Å²) in [5.41, 5.74) is 0.858. The fraction of sp³-hybridized carbons (Fsp3) is 0.200. The van der Waals surface area contributed by atoms with Gasteiger partial charge >= 0.3 is 0 Å². The van der Waals surface area contributed by atoms with E-state index in [1.165, 1.54) is 32.4 Å². The molecule has 0 aliphatic heterocycles. The van der Waals surface area contributed by atoms with Crippen LogP contribution in [0.15, 0.2) is 39.7 Å². The molecule has 0 unspecified atom stereocenters. The van der Waals surface area contributed by atoms with Crippen molar-refractivity contribution in [1.29, 1.82) is 0 Å². The van der Waals surface area contributed by atoms with Crippen LogP contribution in [0.1, 0.15) is 5.56 Å². The van der Waals surface area contributed by atoms with Crippen LogP contribution < -0.4 is 14.2 Å². The summed E-state index contributed by atoms with van der Waals surface area (Å²) in [5, 5.41) is 0.275. The Balaban J connectivity index is 2.49. The zero-order valence-corrected chi connectivity index (χ0v) is 15.8. The summed E-state index contributed by atoms with van der Waals surface area (Å²) in [6, 6.07) is 8.00. The van der Waals surface area contributed by atoms with Gasteiger partial charge in [0.05, 0.1) is 29.8 Å². The molecule has 2 aromatic carbocycles. The number of halogens is 2. The van der Waals surface area contributed by atoms with Crippen molar-refractivity contribution in [3.05, 3.63) is 45.4 Å². The predicted molar refractivity (Wildman–Crippen MR) is 94.2 cm³/mol. The Hall–Kier alpha value is -1.44. The maximum Gasteiger partial charge on any atom is 0.262 e. The number of hydrogen-bond donors (Lipinski definition) is 1. The number of nitrogens with one attached hydrogen (secondary N) is 1. The molecule has 0 amide bonds. The molecule has 2 rings (SSSR count). The van der Waals surface area contributed by atoms with E-state index in [9.17, 15) is 8.42 Å². The summed E-state index contributed by atoms with van der Waals surface area (Å²) in [6.45, 7) is 1.72. The largest absolute Gasteiger partial charge is 0.495 e. The van der Waals surface area contributed by atoms with Gasteiger partial charge < -0.3 is 9.47 Å². The van der Waals surface area contributed by atoms with Gasteiger partial charge in [0.15, 0.2) is 0 Å². The van der Waals surface area contributed by atoms with Gasteiger partial charge in [-0.15, -0.1) is 0 Å². The molecule has 0 aromatic heterocycles. The van der Waals surface area contributed by atoms with Crippen molar-refractivity contribution >= 4 is 43.2 Å². The Bertz CT molecular complexity index is 840. The van der Waals surface area contributed by atoms with Gasteiger partial charge in [0.25, 0.3) is 10.0 Å². The maximum absolute atomic E-state index is 12.6. The van der Waals surface area contributed by atoms with Crippen LogP contribution in [0.5, 0.6) is 11.5 Å². The van der Waals surface area contributed by atoms with Crippen LogP contribution >= 0.6 is 27.5 Å². The Morgan fingerprint density at radius 1 is 1.09 bits per heavy atom. The van der Waals surface area contributed by atoms with Crippen molar-refractivity contribution in [3.63, 3.8) is 0 Å². The van der Waals surface area contributed by atoms with Crippen LogP contribution in [-0.4, -0.2) is 22.6 Å². The number of anilines is 1. The molecule has 0 saturated heterocycles. The summed E-state index contributed by atoms with van der Waals surface area (Å²) < 4.78 is 38.8. The van der Waals surface area contributed by atoms with Crippen LogP contribution in [0, 0.1) is 6.92 Å². The second kappa shape index (κ2) is 6.98. The smallest absolute Gasteiger partial charge is 0.262 e. The lowest BCUT2D eigenvalue weighted by atomic mass is 10.2. The highest BCUT2D eigenvalue weighted by molar-refractivity contribution is 9.10. The molecule has 0 saturated carbocycles. The first-order chi connectivity index (χ1) is 10.8. The molecule has 0 aliphatic rings. The van der Waals surface area contributed by atoms with Gasteiger partial charge in [-0.2, -0.15) is 0 Å². The van der Waals surface area contributed by atoms with E-state index >= 15 is 0 Å². The van der Waals surface area contributed by atoms with E-state index in [0.717, 1.165) is 0 Å². The highest BCUT2D eigenvalue weighted by atomic mass is 79.9. The first-order valence-corrected chi connectivity index (χ1v) is 9.14. The Labute approximate surface area is 148 Å². The van der Waals surface area contributed by atoms with Gasteiger partial charge in [0.2, 0.25) is 0 Å². The number of sulfonamides is 1. The summed E-state index contributed by atoms with van der Waals surface area (Å²) >= 11 is 9.35. The molecule has 23 heavy (non-hydrogen) atoms. The maximum atomic E-state index is 12.6. The second-order valence-electron chi connectivity index (χ2n) is 4.70. The Kier molecular flexibility index (Phi) is 5.44. The molecule has 8 heteroatoms. The van der Waals surface area contributed by atoms with E-state index in [1.807, 2.05) is 0 Å². The van der Waals surface area contributed by atoms with Gasteiger partial charge in [-0.25, -0.2) is 8.42 Å². The van der Waals surface area contributed by atoms with Crippen molar-refractivity contribution in [3.8, 4) is 11.5 Å². The molecule has 0 bridgehead atoms. The fourth-order valence-corrected chi connectivity index (χ4v) is 4.09. The molecular weight excluding hydrogens is 406 g/mol. The van der Waals surface area contributed by atoms with E-state index in [1.54, 1.807) is 19.1 Å². The molecule has 0 aliphatic carbocycles. The SMILES string of the molecule is COc1cc(OC)c(NS(=O)(=O)c2cc(Br)ccc2C)cc1Cl. The van der Waals surface area contributed by atoms with Crippen molar-refractivity contribution < 1.29 is 17.9 Å². The molecule has 0 fully saturated rings. The minimum absolute atomic E-state index is 0.167. The topological polar surface area (TPSA) is 64.6 Å². The van der Waals surface area contributed by atoms with Crippen LogP contribution in [-0.2, 0) is 10.0 Å². The zero-order valence-electron chi connectivity index (χ0n) is 12.7. The molecule has 0 radical (unpaired) electrons. The van der Waals surface area contributed by atoms with Crippen LogP contribution in [0.3, 0.4) is 0 Å². The molecule has 124 valence electrons. The number of ether oxygens (including phenoxy) is 2. The van der Waals surface area contributed by atoms with Crippen molar-refractivity contribution in [2.24, 2.45) is 0 Å². The van der Waals surface area contributed by atoms with Crippen molar-refractivity contribution in [1.82, 2.24) is 0 Å². The minimum Gasteiger partial charge on any atom is -0.495 e. The summed E-state index contributed by atoms with van der Waals surface area (Å²) in [5.74, 6) is 0.701. The normalized spacial score (nSPS) is 11.2. The third kappa shape index (κ3) is 3.91. The average Bonchev–Trinajstić information content (AvgIpc) is 2.49. The first-order valence-electron chi connectivity index (χ1n) is 6.49. The van der Waals surface area contributed by atoms with Gasteiger partial charge in [0.1, 0.15) is 11.5 Å². The highest BCUT2D eigenvalue weighted by Crippen LogP contribution is 2.37. The molecular formula is C15H15BrClNO4S. The number of aryl methyl sites for hydroxylation is 1. The fourth-order valence-electron chi connectivity index (χ4n) is 2.00. The Morgan fingerprint density at radius 2 is 1.74 bits per heavy atom. The lowest BCUT2D eigenvalue weighted by molar-refractivity contribution is 0.396. The molecule has 0 atom stereocenters. The van der Waals surface area contributed by atoms with Gasteiger partial charge in [0, 0.05) is 10.5 Å². The standard InChI is InChI=1S/C15H15BrClNO4S/c1-9-4-5-10(16)6-15(9)23(19,20)18-12-7-11(17)13(21-2)8-14(12)22-3/h4-8,18H,1-3H3. The molecule has 2 aromatic rings. The number of hydrogen-bond acceptors (Lipinski definition) is 4. The van der Waals surface area contributed by atoms with Crippen molar-refractivity contribution in [2.45, 2.75) is 11.8 Å². The van der Waals surface area contributed by atoms with Gasteiger partial charge in [-0.3, -0.25) is 4.72 Å². The van der Waals surface area contributed by atoms with Crippen LogP contribution in [0.2, 0.25) is 5.02 Å². The van der Waals surface area contributed by atoms with Crippen molar-refractivity contribution in [2.75, 3.05) is 18.9 Å². The Morgan fingerprint density at radius 3 is 2.35 bits per heavy atom. The predicted octanol–water partition coefficient (Wildman–Crippen LogP) is 4.23. The molecule has 5 nitrogen and oxygen atoms in total. The summed E-state index contributed by atoms with van der Waals surface area (Å²) in [6.07, 6.45) is 0. The lowest BCUT2D eigenvalue weighted by Gasteiger charge is -2.15. The lowest BCUT2D eigenvalue weighted by Crippen LogP contribution is -2.15. The van der Waals surface area contributed by atoms with Gasteiger partial charge in [-0.05, 0) is 30.7 Å². The van der Waals surface area contributed by atoms with Crippen LogP contribution in [0.25, 0.3) is 0 Å². The van der Waals surface area contributed by atoms with E-state index in [0.29, 0.717) is 21.5 Å². The zero-order chi connectivity index (χ0) is 17.2. The van der Waals surface area contributed by atoms with Gasteiger partial charge in [-0.1, -0.05) is 33.6 Å². The van der Waals surface area contributed by atoms with E-state index in [4.69, 9.17) is 21.1 Å². The van der Waals surface area contributed by atoms with E-state index < -0.39 is 10.0 Å². The average molecular weight is 421 g/mol. The van der Waals surface area contributed by atoms with E-state index in [2.05, 4.69) is 20.7 Å². The second-order valence-corrected chi connectivity index (χ2v) is 7.68. The minimum atomic E-state index is -3.79. The van der Waals surface area contributed by atoms with E-state index in [-0.39, 0.29) is 15.6 Å². The first kappa shape index (κ1) is 17.9. The quantitative estimate of drug-likeness (QED) is 0.786. The monoisotopic (exact) mass is 419 g/mol. The molecule has 0 spiro atoms. The van der Waals surface area contributed by atoms with Crippen LogP contribution in [0.4, 0.5) is 5.69 Å². The summed E-state index contributed by atoms with van der Waals surface area (Å²) in [4.78, 5) is 0.167. The number of methoxy groups -OCH3 is 2. The number of benzene rings is 2. The highest BCUT2D eigenvalue weighted by Gasteiger charge is 2.20. The third-order valence-corrected chi connectivity index (χ3v) is 5.45. The molecule has 0 heterocycles. The molecule has 1 N–H and O–H groups in total. The summed E-state index contributed by atoms with van der Waals surface area (Å²) in [7, 11) is -0.892. The third-order valence-electron chi connectivity index (χ3n) is 3.16.